The summed E-state index contributed by atoms with van der Waals surface area (Å²) in [6, 6.07) is 9.70. The zero-order chi connectivity index (χ0) is 21.1. The van der Waals surface area contributed by atoms with E-state index in [-0.39, 0.29) is 17.7 Å². The molecular weight excluding hydrogens is 404 g/mol. The second kappa shape index (κ2) is 12.2. The lowest BCUT2D eigenvalue weighted by atomic mass is 10.00. The molecular formula is C22H32N2O3S2. The fourth-order valence-corrected chi connectivity index (χ4v) is 5.22. The third-order valence-electron chi connectivity index (χ3n) is 5.01. The predicted molar refractivity (Wildman–Crippen MR) is 123 cm³/mol. The standard InChI is InChI=1S/C22H32N2O3S2/c1-23-29(2,27)17-7-15-28-16-14-24-20(10-6-11-22(24)26)12-13-21(25)18-19-8-4-3-5-9-19/h3-5,8-9,12-13,20H,6-7,10-11,14-18H2,1-2H3/t20-,29?/m1/s1. The molecule has 29 heavy (non-hydrogen) atoms. The first-order valence-electron chi connectivity index (χ1n) is 10.1. The Hall–Kier alpha value is -1.60. The number of allylic oxidation sites excluding steroid dienone is 1. The molecule has 1 aromatic carbocycles. The van der Waals surface area contributed by atoms with Gasteiger partial charge >= 0.3 is 0 Å². The second-order valence-corrected chi connectivity index (χ2v) is 11.3. The normalized spacial score (nSPS) is 19.3. The van der Waals surface area contributed by atoms with Crippen molar-refractivity contribution in [1.82, 2.24) is 4.90 Å². The Morgan fingerprint density at radius 1 is 1.31 bits per heavy atom. The molecule has 0 spiro atoms. The van der Waals surface area contributed by atoms with Gasteiger partial charge in [-0.2, -0.15) is 11.8 Å². The molecule has 0 N–H and O–H groups in total. The summed E-state index contributed by atoms with van der Waals surface area (Å²) in [5, 5.41) is 0. The Morgan fingerprint density at radius 2 is 2.07 bits per heavy atom. The molecule has 0 radical (unpaired) electrons. The first-order valence-corrected chi connectivity index (χ1v) is 13.4. The number of amides is 1. The van der Waals surface area contributed by atoms with Gasteiger partial charge in [0.1, 0.15) is 0 Å². The summed E-state index contributed by atoms with van der Waals surface area (Å²) in [7, 11) is -0.420. The van der Waals surface area contributed by atoms with Gasteiger partial charge in [-0.25, -0.2) is 4.36 Å². The number of rotatable bonds is 11. The van der Waals surface area contributed by atoms with Gasteiger partial charge in [-0.1, -0.05) is 36.4 Å². The fourth-order valence-electron chi connectivity index (χ4n) is 3.30. The van der Waals surface area contributed by atoms with Gasteiger partial charge in [0.15, 0.2) is 5.78 Å². The summed E-state index contributed by atoms with van der Waals surface area (Å²) in [6.07, 6.45) is 8.85. The number of ketones is 1. The highest BCUT2D eigenvalue weighted by molar-refractivity contribution is 7.99. The minimum absolute atomic E-state index is 0.00448. The third kappa shape index (κ3) is 8.74. The molecule has 1 saturated heterocycles. The van der Waals surface area contributed by atoms with Crippen LogP contribution in [0.4, 0.5) is 0 Å². The largest absolute Gasteiger partial charge is 0.335 e. The molecule has 1 amide bonds. The molecule has 2 rings (SSSR count). The fraction of sp³-hybridized carbons (Fsp3) is 0.545. The quantitative estimate of drug-likeness (QED) is 0.393. The highest BCUT2D eigenvalue weighted by Crippen LogP contribution is 2.20. The van der Waals surface area contributed by atoms with Crippen LogP contribution >= 0.6 is 11.8 Å². The lowest BCUT2D eigenvalue weighted by Gasteiger charge is -2.34. The minimum Gasteiger partial charge on any atom is -0.335 e. The molecule has 1 aliphatic heterocycles. The highest BCUT2D eigenvalue weighted by Gasteiger charge is 2.25. The zero-order valence-electron chi connectivity index (χ0n) is 17.4. The molecule has 1 aromatic rings. The molecule has 7 heteroatoms. The van der Waals surface area contributed by atoms with E-state index in [1.807, 2.05) is 41.3 Å². The van der Waals surface area contributed by atoms with Crippen molar-refractivity contribution in [2.75, 3.05) is 37.1 Å². The van der Waals surface area contributed by atoms with Crippen LogP contribution in [0.1, 0.15) is 31.2 Å². The van der Waals surface area contributed by atoms with E-state index < -0.39 is 9.73 Å². The van der Waals surface area contributed by atoms with Crippen LogP contribution in [-0.4, -0.2) is 63.9 Å². The molecule has 0 saturated carbocycles. The number of benzene rings is 1. The van der Waals surface area contributed by atoms with Crippen LogP contribution in [-0.2, 0) is 25.7 Å². The number of hydrogen-bond acceptors (Lipinski definition) is 5. The van der Waals surface area contributed by atoms with Crippen molar-refractivity contribution in [2.24, 2.45) is 4.36 Å². The number of likely N-dealkylation sites (tertiary alicyclic amines) is 1. The van der Waals surface area contributed by atoms with Crippen LogP contribution in [0.15, 0.2) is 46.8 Å². The van der Waals surface area contributed by atoms with Gasteiger partial charge in [0.05, 0.1) is 6.04 Å². The van der Waals surface area contributed by atoms with Gasteiger partial charge in [0.2, 0.25) is 5.91 Å². The maximum Gasteiger partial charge on any atom is 0.223 e. The molecule has 0 aliphatic carbocycles. The average molecular weight is 437 g/mol. The summed E-state index contributed by atoms with van der Waals surface area (Å²) in [6.45, 7) is 0.686. The Labute approximate surface area is 179 Å². The average Bonchev–Trinajstić information content (AvgIpc) is 2.71. The van der Waals surface area contributed by atoms with E-state index >= 15 is 0 Å². The molecule has 2 atom stereocenters. The maximum absolute atomic E-state index is 12.4. The lowest BCUT2D eigenvalue weighted by Crippen LogP contribution is -2.43. The number of hydrogen-bond donors (Lipinski definition) is 0. The Kier molecular flexibility index (Phi) is 9.94. The van der Waals surface area contributed by atoms with Crippen molar-refractivity contribution in [3.63, 3.8) is 0 Å². The van der Waals surface area contributed by atoms with Crippen LogP contribution in [0.25, 0.3) is 0 Å². The van der Waals surface area contributed by atoms with Gasteiger partial charge in [0.25, 0.3) is 0 Å². The molecule has 5 nitrogen and oxygen atoms in total. The summed E-state index contributed by atoms with van der Waals surface area (Å²) in [4.78, 5) is 26.5. The monoisotopic (exact) mass is 436 g/mol. The van der Waals surface area contributed by atoms with E-state index in [9.17, 15) is 13.8 Å². The van der Waals surface area contributed by atoms with Crippen molar-refractivity contribution in [2.45, 2.75) is 38.1 Å². The van der Waals surface area contributed by atoms with Gasteiger partial charge in [-0.3, -0.25) is 13.8 Å². The van der Waals surface area contributed by atoms with Crippen molar-refractivity contribution < 1.29 is 13.8 Å². The van der Waals surface area contributed by atoms with Crippen molar-refractivity contribution in [3.8, 4) is 0 Å². The Bertz CT molecular complexity index is 815. The molecule has 0 aromatic heterocycles. The maximum atomic E-state index is 12.4. The molecule has 1 unspecified atom stereocenters. The van der Waals surface area contributed by atoms with Crippen LogP contribution in [0, 0.1) is 0 Å². The van der Waals surface area contributed by atoms with E-state index in [2.05, 4.69) is 4.36 Å². The van der Waals surface area contributed by atoms with E-state index in [0.29, 0.717) is 25.1 Å². The minimum atomic E-state index is -2.03. The zero-order valence-corrected chi connectivity index (χ0v) is 19.1. The molecule has 1 heterocycles. The van der Waals surface area contributed by atoms with Gasteiger partial charge < -0.3 is 4.90 Å². The van der Waals surface area contributed by atoms with E-state index in [1.54, 1.807) is 31.1 Å². The van der Waals surface area contributed by atoms with Gasteiger partial charge in [0, 0.05) is 53.9 Å². The molecule has 1 aliphatic rings. The summed E-state index contributed by atoms with van der Waals surface area (Å²) >= 11 is 1.78. The smallest absolute Gasteiger partial charge is 0.223 e. The van der Waals surface area contributed by atoms with Crippen LogP contribution < -0.4 is 0 Å². The SMILES string of the molecule is CN=S(C)(=O)CCCSCCN1C(=O)CCC[C@@H]1C=CC(=O)Cc1ccccc1. The molecule has 160 valence electrons. The first kappa shape index (κ1) is 23.7. The number of carbonyl (C=O) groups excluding carboxylic acids is 2. The van der Waals surface area contributed by atoms with Crippen LogP contribution in [0.3, 0.4) is 0 Å². The first-order chi connectivity index (χ1) is 13.9. The van der Waals surface area contributed by atoms with E-state index in [1.165, 1.54) is 0 Å². The molecule has 1 fully saturated rings. The van der Waals surface area contributed by atoms with E-state index in [4.69, 9.17) is 0 Å². The van der Waals surface area contributed by atoms with Crippen molar-refractivity contribution >= 4 is 33.2 Å². The van der Waals surface area contributed by atoms with Gasteiger partial charge in [-0.05, 0) is 36.7 Å². The molecule has 0 bridgehead atoms. The summed E-state index contributed by atoms with van der Waals surface area (Å²) in [5.41, 5.74) is 1.00. The number of thioether (sulfide) groups is 1. The van der Waals surface area contributed by atoms with Crippen molar-refractivity contribution in [1.29, 1.82) is 0 Å². The Morgan fingerprint density at radius 3 is 2.79 bits per heavy atom. The number of carbonyl (C=O) groups is 2. The second-order valence-electron chi connectivity index (χ2n) is 7.35. The summed E-state index contributed by atoms with van der Waals surface area (Å²) in [5.74, 6) is 2.62. The predicted octanol–water partition coefficient (Wildman–Crippen LogP) is 3.59. The van der Waals surface area contributed by atoms with E-state index in [0.717, 1.165) is 36.3 Å². The van der Waals surface area contributed by atoms with Crippen LogP contribution in [0.2, 0.25) is 0 Å². The Balaban J connectivity index is 1.79. The number of piperidine rings is 1. The van der Waals surface area contributed by atoms with Gasteiger partial charge in [-0.15, -0.1) is 0 Å². The van der Waals surface area contributed by atoms with Crippen molar-refractivity contribution in [3.05, 3.63) is 48.0 Å². The summed E-state index contributed by atoms with van der Waals surface area (Å²) < 4.78 is 15.8. The highest BCUT2D eigenvalue weighted by atomic mass is 32.2. The topological polar surface area (TPSA) is 66.8 Å². The lowest BCUT2D eigenvalue weighted by molar-refractivity contribution is -0.134. The third-order valence-corrected chi connectivity index (χ3v) is 7.88. The number of nitrogens with zero attached hydrogens (tertiary/aromatic N) is 2. The van der Waals surface area contributed by atoms with Crippen LogP contribution in [0.5, 0.6) is 0 Å².